The predicted octanol–water partition coefficient (Wildman–Crippen LogP) is 2.46. The van der Waals surface area contributed by atoms with Gasteiger partial charge in [-0.15, -0.1) is 24.8 Å². The summed E-state index contributed by atoms with van der Waals surface area (Å²) < 4.78 is 0. The summed E-state index contributed by atoms with van der Waals surface area (Å²) in [6.07, 6.45) is 7.07. The molecule has 2 atom stereocenters. The third kappa shape index (κ3) is 4.10. The molecule has 2 aliphatic heterocycles. The van der Waals surface area contributed by atoms with Crippen molar-refractivity contribution in [1.82, 2.24) is 10.2 Å². The zero-order chi connectivity index (χ0) is 9.10. The molecule has 0 spiro atoms. The highest BCUT2D eigenvalue weighted by molar-refractivity contribution is 5.85. The molecule has 2 unspecified atom stereocenters. The molecular weight excluding hydrogens is 231 g/mol. The molecule has 0 radical (unpaired) electrons. The number of nitrogens with zero attached hydrogens (tertiary/aromatic N) is 1. The molecule has 2 heterocycles. The van der Waals surface area contributed by atoms with E-state index in [1.807, 2.05) is 0 Å². The molecule has 92 valence electrons. The maximum atomic E-state index is 3.59. The van der Waals surface area contributed by atoms with E-state index in [9.17, 15) is 0 Å². The van der Waals surface area contributed by atoms with Crippen LogP contribution in [0, 0.1) is 0 Å². The molecule has 2 rings (SSSR count). The number of nitrogens with one attached hydrogen (secondary N) is 1. The van der Waals surface area contributed by atoms with E-state index < -0.39 is 0 Å². The molecule has 2 nitrogen and oxygen atoms in total. The van der Waals surface area contributed by atoms with Crippen LogP contribution >= 0.6 is 24.8 Å². The minimum atomic E-state index is 0. The Hall–Kier alpha value is 0.500. The second kappa shape index (κ2) is 7.72. The van der Waals surface area contributed by atoms with Crippen molar-refractivity contribution in [2.24, 2.45) is 0 Å². The minimum Gasteiger partial charge on any atom is -0.313 e. The third-order valence-corrected chi connectivity index (χ3v) is 3.58. The van der Waals surface area contributed by atoms with Crippen molar-refractivity contribution in [3.05, 3.63) is 0 Å². The zero-order valence-corrected chi connectivity index (χ0v) is 11.2. The van der Waals surface area contributed by atoms with Crippen molar-refractivity contribution in [3.8, 4) is 0 Å². The summed E-state index contributed by atoms with van der Waals surface area (Å²) in [4.78, 5) is 2.71. The Morgan fingerprint density at radius 2 is 1.67 bits per heavy atom. The highest BCUT2D eigenvalue weighted by Crippen LogP contribution is 2.20. The normalized spacial score (nSPS) is 32.6. The molecule has 0 bridgehead atoms. The molecule has 0 aliphatic carbocycles. The van der Waals surface area contributed by atoms with Gasteiger partial charge < -0.3 is 5.32 Å². The Morgan fingerprint density at radius 1 is 1.00 bits per heavy atom. The molecule has 2 saturated heterocycles. The second-order valence-corrected chi connectivity index (χ2v) is 4.55. The van der Waals surface area contributed by atoms with E-state index >= 15 is 0 Å². The van der Waals surface area contributed by atoms with Crippen molar-refractivity contribution >= 4 is 24.8 Å². The molecular formula is C11H24Cl2N2. The summed E-state index contributed by atoms with van der Waals surface area (Å²) in [5.74, 6) is 0. The van der Waals surface area contributed by atoms with Crippen molar-refractivity contribution in [1.29, 1.82) is 0 Å². The fraction of sp³-hybridized carbons (Fsp3) is 1.00. The van der Waals surface area contributed by atoms with Gasteiger partial charge in [0.15, 0.2) is 0 Å². The predicted molar refractivity (Wildman–Crippen MR) is 70.4 cm³/mol. The number of hydrogen-bond donors (Lipinski definition) is 1. The van der Waals surface area contributed by atoms with Crippen LogP contribution in [0.2, 0.25) is 0 Å². The van der Waals surface area contributed by atoms with E-state index in [1.165, 1.54) is 51.7 Å². The Bertz CT molecular complexity index is 161. The van der Waals surface area contributed by atoms with Gasteiger partial charge in [0.05, 0.1) is 0 Å². The van der Waals surface area contributed by atoms with Crippen LogP contribution in [0.4, 0.5) is 0 Å². The molecule has 4 heteroatoms. The van der Waals surface area contributed by atoms with Crippen LogP contribution < -0.4 is 5.32 Å². The summed E-state index contributed by atoms with van der Waals surface area (Å²) >= 11 is 0. The third-order valence-electron chi connectivity index (χ3n) is 3.58. The van der Waals surface area contributed by atoms with Crippen LogP contribution in [0.1, 0.15) is 39.0 Å². The van der Waals surface area contributed by atoms with Crippen molar-refractivity contribution in [2.45, 2.75) is 51.1 Å². The first-order chi connectivity index (χ1) is 6.38. The van der Waals surface area contributed by atoms with Gasteiger partial charge in [-0.2, -0.15) is 0 Å². The highest BCUT2D eigenvalue weighted by Gasteiger charge is 2.27. The first-order valence-corrected chi connectivity index (χ1v) is 5.85. The topological polar surface area (TPSA) is 15.3 Å². The van der Waals surface area contributed by atoms with Gasteiger partial charge in [0, 0.05) is 12.1 Å². The zero-order valence-electron chi connectivity index (χ0n) is 9.58. The molecule has 2 fully saturated rings. The summed E-state index contributed by atoms with van der Waals surface area (Å²) in [7, 11) is 0. The standard InChI is InChI=1S/C11H22N2.2ClH/c1-10-11(6-5-7-12-10)13-8-3-2-4-9-13;;/h10-12H,2-9H2,1H3;2*1H. The van der Waals surface area contributed by atoms with E-state index in [-0.39, 0.29) is 24.8 Å². The van der Waals surface area contributed by atoms with Crippen LogP contribution in [0.15, 0.2) is 0 Å². The first kappa shape index (κ1) is 15.5. The van der Waals surface area contributed by atoms with Gasteiger partial charge in [0.2, 0.25) is 0 Å². The lowest BCUT2D eigenvalue weighted by Crippen LogP contribution is -2.53. The maximum Gasteiger partial charge on any atom is 0.0247 e. The fourth-order valence-corrected chi connectivity index (χ4v) is 2.78. The van der Waals surface area contributed by atoms with Crippen LogP contribution in [-0.2, 0) is 0 Å². The fourth-order valence-electron chi connectivity index (χ4n) is 2.78. The van der Waals surface area contributed by atoms with Gasteiger partial charge in [-0.25, -0.2) is 0 Å². The average molecular weight is 255 g/mol. The highest BCUT2D eigenvalue weighted by atomic mass is 35.5. The number of rotatable bonds is 1. The molecule has 1 N–H and O–H groups in total. The van der Waals surface area contributed by atoms with E-state index in [4.69, 9.17) is 0 Å². The number of halogens is 2. The molecule has 0 aromatic carbocycles. The van der Waals surface area contributed by atoms with Crippen LogP contribution in [0.3, 0.4) is 0 Å². The lowest BCUT2D eigenvalue weighted by Gasteiger charge is -2.41. The number of hydrogen-bond acceptors (Lipinski definition) is 2. The van der Waals surface area contributed by atoms with Crippen molar-refractivity contribution < 1.29 is 0 Å². The van der Waals surface area contributed by atoms with Crippen molar-refractivity contribution in [2.75, 3.05) is 19.6 Å². The van der Waals surface area contributed by atoms with Gasteiger partial charge >= 0.3 is 0 Å². The Balaban J connectivity index is 0.000000980. The number of piperidine rings is 2. The molecule has 0 aromatic rings. The lowest BCUT2D eigenvalue weighted by molar-refractivity contribution is 0.111. The SMILES string of the molecule is CC1NCCCC1N1CCCCC1.Cl.Cl. The van der Waals surface area contributed by atoms with Gasteiger partial charge in [0.25, 0.3) is 0 Å². The molecule has 2 aliphatic rings. The van der Waals surface area contributed by atoms with Crippen LogP contribution in [0.25, 0.3) is 0 Å². The van der Waals surface area contributed by atoms with E-state index in [0.717, 1.165) is 6.04 Å². The van der Waals surface area contributed by atoms with Crippen LogP contribution in [0.5, 0.6) is 0 Å². The molecule has 15 heavy (non-hydrogen) atoms. The summed E-state index contributed by atoms with van der Waals surface area (Å²) in [5, 5.41) is 3.59. The van der Waals surface area contributed by atoms with Gasteiger partial charge in [-0.1, -0.05) is 6.42 Å². The lowest BCUT2D eigenvalue weighted by atomic mass is 9.96. The molecule has 0 amide bonds. The summed E-state index contributed by atoms with van der Waals surface area (Å²) in [6, 6.07) is 1.54. The largest absolute Gasteiger partial charge is 0.313 e. The molecule has 0 saturated carbocycles. The van der Waals surface area contributed by atoms with Gasteiger partial charge in [-0.3, -0.25) is 4.90 Å². The quantitative estimate of drug-likeness (QED) is 0.774. The summed E-state index contributed by atoms with van der Waals surface area (Å²) in [6.45, 7) is 6.26. The molecule has 0 aromatic heterocycles. The monoisotopic (exact) mass is 254 g/mol. The van der Waals surface area contributed by atoms with Gasteiger partial charge in [0.1, 0.15) is 0 Å². The Kier molecular flexibility index (Phi) is 7.98. The average Bonchev–Trinajstić information content (AvgIpc) is 2.20. The first-order valence-electron chi connectivity index (χ1n) is 5.85. The second-order valence-electron chi connectivity index (χ2n) is 4.55. The number of likely N-dealkylation sites (tertiary alicyclic amines) is 1. The van der Waals surface area contributed by atoms with E-state index in [1.54, 1.807) is 0 Å². The van der Waals surface area contributed by atoms with Crippen LogP contribution in [-0.4, -0.2) is 36.6 Å². The Morgan fingerprint density at radius 3 is 2.27 bits per heavy atom. The minimum absolute atomic E-state index is 0. The Labute approximate surface area is 106 Å². The van der Waals surface area contributed by atoms with E-state index in [2.05, 4.69) is 17.1 Å². The smallest absolute Gasteiger partial charge is 0.0247 e. The van der Waals surface area contributed by atoms with E-state index in [0.29, 0.717) is 6.04 Å². The summed E-state index contributed by atoms with van der Waals surface area (Å²) in [5.41, 5.74) is 0. The van der Waals surface area contributed by atoms with Gasteiger partial charge in [-0.05, 0) is 52.2 Å². The van der Waals surface area contributed by atoms with Crippen molar-refractivity contribution in [3.63, 3.8) is 0 Å². The maximum absolute atomic E-state index is 3.59.